The zero-order chi connectivity index (χ0) is 15.1. The number of carbonyl (C=O) groups is 1. The van der Waals surface area contributed by atoms with Crippen LogP contribution in [0.5, 0.6) is 0 Å². The van der Waals surface area contributed by atoms with Crippen molar-refractivity contribution in [3.8, 4) is 20.9 Å². The van der Waals surface area contributed by atoms with Crippen LogP contribution in [0.2, 0.25) is 5.02 Å². The maximum atomic E-state index is 11.5. The molecular weight excluding hydrogens is 316 g/mol. The molecule has 0 radical (unpaired) electrons. The topological polar surface area (TPSA) is 26.3 Å². The third-order valence-corrected chi connectivity index (χ3v) is 5.21. The molecule has 22 heavy (non-hydrogen) atoms. The van der Waals surface area contributed by atoms with Crippen molar-refractivity contribution in [1.29, 1.82) is 0 Å². The van der Waals surface area contributed by atoms with Crippen molar-refractivity contribution in [3.63, 3.8) is 0 Å². The lowest BCUT2D eigenvalue weighted by Gasteiger charge is -2.01. The van der Waals surface area contributed by atoms with Crippen molar-refractivity contribution in [2.45, 2.75) is 6.61 Å². The minimum atomic E-state index is -0.232. The molecule has 0 saturated carbocycles. The molecule has 2 heterocycles. The largest absolute Gasteiger partial charge is 0.457 e. The second-order valence-corrected chi connectivity index (χ2v) is 6.58. The minimum Gasteiger partial charge on any atom is -0.457 e. The van der Waals surface area contributed by atoms with Gasteiger partial charge in [-0.1, -0.05) is 35.9 Å². The Kier molecular flexibility index (Phi) is 3.25. The highest BCUT2D eigenvalue weighted by molar-refractivity contribution is 7.18. The van der Waals surface area contributed by atoms with Gasteiger partial charge in [0.05, 0.1) is 5.56 Å². The first kappa shape index (κ1) is 13.6. The number of hydrogen-bond donors (Lipinski definition) is 0. The SMILES string of the molecule is O=C1OCc2cc(-c3ccc(-c4ccccc4Cl)s3)ccc21. The first-order chi connectivity index (χ1) is 10.7. The highest BCUT2D eigenvalue weighted by atomic mass is 35.5. The Morgan fingerprint density at radius 1 is 0.955 bits per heavy atom. The second kappa shape index (κ2) is 5.27. The lowest BCUT2D eigenvalue weighted by Crippen LogP contribution is -1.92. The van der Waals surface area contributed by atoms with E-state index in [1.54, 1.807) is 11.3 Å². The zero-order valence-electron chi connectivity index (χ0n) is 11.5. The van der Waals surface area contributed by atoms with E-state index < -0.39 is 0 Å². The van der Waals surface area contributed by atoms with Gasteiger partial charge in [-0.2, -0.15) is 0 Å². The van der Waals surface area contributed by atoms with Gasteiger partial charge in [-0.3, -0.25) is 0 Å². The highest BCUT2D eigenvalue weighted by Gasteiger charge is 2.21. The van der Waals surface area contributed by atoms with Gasteiger partial charge >= 0.3 is 5.97 Å². The first-order valence-electron chi connectivity index (χ1n) is 6.87. The fourth-order valence-corrected chi connectivity index (χ4v) is 3.92. The molecule has 0 fully saturated rings. The fourth-order valence-electron chi connectivity index (χ4n) is 2.59. The quantitative estimate of drug-likeness (QED) is 0.589. The molecule has 1 aliphatic heterocycles. The van der Waals surface area contributed by atoms with Crippen LogP contribution >= 0.6 is 22.9 Å². The monoisotopic (exact) mass is 326 g/mol. The number of carbonyl (C=O) groups excluding carboxylic acids is 1. The molecule has 0 saturated heterocycles. The van der Waals surface area contributed by atoms with Crippen LogP contribution in [0.25, 0.3) is 20.9 Å². The Hall–Kier alpha value is -2.10. The molecule has 1 aromatic heterocycles. The Balaban J connectivity index is 1.73. The average molecular weight is 327 g/mol. The predicted octanol–water partition coefficient (Wildman–Crippen LogP) is 5.41. The standard InChI is InChI=1S/C18H11ClO2S/c19-15-4-2-1-3-14(15)17-8-7-16(22-17)11-5-6-13-12(9-11)10-21-18(13)20/h1-9H,10H2. The maximum Gasteiger partial charge on any atom is 0.338 e. The lowest BCUT2D eigenvalue weighted by molar-refractivity contribution is 0.0535. The molecule has 108 valence electrons. The summed E-state index contributed by atoms with van der Waals surface area (Å²) in [5.74, 6) is -0.232. The Labute approximate surface area is 136 Å². The molecule has 0 spiro atoms. The van der Waals surface area contributed by atoms with Crippen molar-refractivity contribution >= 4 is 28.9 Å². The third-order valence-electron chi connectivity index (χ3n) is 3.71. The molecule has 4 rings (SSSR count). The number of rotatable bonds is 2. The molecule has 1 aliphatic rings. The maximum absolute atomic E-state index is 11.5. The molecule has 0 unspecified atom stereocenters. The van der Waals surface area contributed by atoms with Gasteiger partial charge in [0.1, 0.15) is 6.61 Å². The van der Waals surface area contributed by atoms with Gasteiger partial charge in [-0.25, -0.2) is 4.79 Å². The Bertz CT molecular complexity index is 882. The van der Waals surface area contributed by atoms with Crippen LogP contribution in [0, 0.1) is 0 Å². The highest BCUT2D eigenvalue weighted by Crippen LogP contribution is 2.38. The van der Waals surface area contributed by atoms with Crippen molar-refractivity contribution in [2.75, 3.05) is 0 Å². The molecule has 2 aromatic carbocycles. The van der Waals surface area contributed by atoms with Crippen molar-refractivity contribution in [3.05, 3.63) is 70.7 Å². The van der Waals surface area contributed by atoms with E-state index >= 15 is 0 Å². The molecule has 3 aromatic rings. The van der Waals surface area contributed by atoms with Gasteiger partial charge < -0.3 is 4.74 Å². The van der Waals surface area contributed by atoms with E-state index in [9.17, 15) is 4.79 Å². The van der Waals surface area contributed by atoms with Gasteiger partial charge in [-0.15, -0.1) is 11.3 Å². The molecular formula is C18H11ClO2S. The van der Waals surface area contributed by atoms with Crippen LogP contribution in [0.15, 0.2) is 54.6 Å². The van der Waals surface area contributed by atoms with Crippen LogP contribution < -0.4 is 0 Å². The summed E-state index contributed by atoms with van der Waals surface area (Å²) >= 11 is 7.95. The van der Waals surface area contributed by atoms with Crippen LogP contribution in [0.1, 0.15) is 15.9 Å². The van der Waals surface area contributed by atoms with E-state index in [2.05, 4.69) is 12.1 Å². The smallest absolute Gasteiger partial charge is 0.338 e. The second-order valence-electron chi connectivity index (χ2n) is 5.09. The van der Waals surface area contributed by atoms with Crippen molar-refractivity contribution < 1.29 is 9.53 Å². The number of benzene rings is 2. The van der Waals surface area contributed by atoms with Gasteiger partial charge in [0.25, 0.3) is 0 Å². The Morgan fingerprint density at radius 2 is 1.77 bits per heavy atom. The number of fused-ring (bicyclic) bond motifs is 1. The van der Waals surface area contributed by atoms with Gasteiger partial charge in [-0.05, 0) is 35.9 Å². The first-order valence-corrected chi connectivity index (χ1v) is 8.07. The summed E-state index contributed by atoms with van der Waals surface area (Å²) in [6.07, 6.45) is 0. The van der Waals surface area contributed by atoms with Gasteiger partial charge in [0.15, 0.2) is 0 Å². The summed E-state index contributed by atoms with van der Waals surface area (Å²) in [6, 6.07) is 17.8. The summed E-state index contributed by atoms with van der Waals surface area (Å²) in [5, 5.41) is 0.754. The lowest BCUT2D eigenvalue weighted by atomic mass is 10.1. The zero-order valence-corrected chi connectivity index (χ0v) is 13.1. The molecule has 0 amide bonds. The Morgan fingerprint density at radius 3 is 2.64 bits per heavy atom. The normalized spacial score (nSPS) is 13.0. The summed E-state index contributed by atoms with van der Waals surface area (Å²) in [7, 11) is 0. The van der Waals surface area contributed by atoms with Crippen molar-refractivity contribution in [1.82, 2.24) is 0 Å². The van der Waals surface area contributed by atoms with E-state index in [-0.39, 0.29) is 5.97 Å². The summed E-state index contributed by atoms with van der Waals surface area (Å²) < 4.78 is 5.05. The molecule has 0 bridgehead atoms. The van der Waals surface area contributed by atoms with Crippen LogP contribution in [-0.2, 0) is 11.3 Å². The van der Waals surface area contributed by atoms with Crippen molar-refractivity contribution in [2.24, 2.45) is 0 Å². The number of ether oxygens (including phenoxy) is 1. The fraction of sp³-hybridized carbons (Fsp3) is 0.0556. The molecule has 0 N–H and O–H groups in total. The summed E-state index contributed by atoms with van der Waals surface area (Å²) in [4.78, 5) is 13.8. The van der Waals surface area contributed by atoms with E-state index in [1.807, 2.05) is 42.5 Å². The number of hydrogen-bond acceptors (Lipinski definition) is 3. The number of thiophene rings is 1. The van der Waals surface area contributed by atoms with E-state index in [0.29, 0.717) is 12.2 Å². The minimum absolute atomic E-state index is 0.232. The third kappa shape index (κ3) is 2.23. The molecule has 0 aliphatic carbocycles. The van der Waals surface area contributed by atoms with Gasteiger partial charge in [0.2, 0.25) is 0 Å². The predicted molar refractivity (Wildman–Crippen MR) is 89.3 cm³/mol. The summed E-state index contributed by atoms with van der Waals surface area (Å²) in [5.41, 5.74) is 3.77. The van der Waals surface area contributed by atoms with Crippen LogP contribution in [-0.4, -0.2) is 5.97 Å². The summed E-state index contributed by atoms with van der Waals surface area (Å²) in [6.45, 7) is 0.366. The van der Waals surface area contributed by atoms with E-state index in [1.165, 1.54) is 0 Å². The van der Waals surface area contributed by atoms with E-state index in [0.717, 1.165) is 31.5 Å². The van der Waals surface area contributed by atoms with Crippen LogP contribution in [0.4, 0.5) is 0 Å². The molecule has 2 nitrogen and oxygen atoms in total. The molecule has 0 atom stereocenters. The average Bonchev–Trinajstić information content (AvgIpc) is 3.15. The van der Waals surface area contributed by atoms with E-state index in [4.69, 9.17) is 16.3 Å². The molecule has 4 heteroatoms. The number of halogens is 1. The van der Waals surface area contributed by atoms with Crippen LogP contribution in [0.3, 0.4) is 0 Å². The number of cyclic esters (lactones) is 1. The van der Waals surface area contributed by atoms with Gasteiger partial charge in [0, 0.05) is 25.9 Å². The number of esters is 1.